The van der Waals surface area contributed by atoms with E-state index in [2.05, 4.69) is 16.9 Å². The smallest absolute Gasteiger partial charge is 0.246 e. The summed E-state index contributed by atoms with van der Waals surface area (Å²) in [6.45, 7) is 11.7. The van der Waals surface area contributed by atoms with Gasteiger partial charge < -0.3 is 36.1 Å². The molecule has 0 spiro atoms. The predicted octanol–water partition coefficient (Wildman–Crippen LogP) is 5.08. The minimum absolute atomic E-state index is 0.0481. The molecule has 6 N–H and O–H groups in total. The van der Waals surface area contributed by atoms with E-state index < -0.39 is 11.9 Å². The number of nitrogens with two attached hydrogens (primary N) is 1. The number of nitrogens with one attached hydrogen (secondary N) is 3. The molecule has 3 heterocycles. The van der Waals surface area contributed by atoms with Crippen molar-refractivity contribution in [1.82, 2.24) is 14.8 Å². The normalized spacial score (nSPS) is 18.7. The molecule has 44 heavy (non-hydrogen) atoms. The van der Waals surface area contributed by atoms with Crippen molar-refractivity contribution in [1.29, 1.82) is 10.8 Å². The predicted molar refractivity (Wildman–Crippen MR) is 171 cm³/mol. The SMILES string of the molecule is C=CC(=O)N1CC2CCOc3c(F)c(-c4c(C)ccc(N)c4C=N)cc(Nc4c(C)ccnc4C(C)O)c3C(=N)N2CC1C. The number of aliphatic hydroxyl groups is 1. The molecular formula is C33H38FN7O3. The second kappa shape index (κ2) is 12.1. The average Bonchev–Trinajstić information content (AvgIpc) is 2.99. The molecule has 1 fully saturated rings. The minimum atomic E-state index is -0.906. The maximum atomic E-state index is 16.8. The zero-order valence-corrected chi connectivity index (χ0v) is 25.4. The quantitative estimate of drug-likeness (QED) is 0.151. The zero-order valence-electron chi connectivity index (χ0n) is 25.4. The lowest BCUT2D eigenvalue weighted by Crippen LogP contribution is -2.60. The lowest BCUT2D eigenvalue weighted by Gasteiger charge is -2.47. The molecule has 1 saturated heterocycles. The van der Waals surface area contributed by atoms with Crippen molar-refractivity contribution >= 4 is 35.0 Å². The Hall–Kier alpha value is -4.77. The Labute approximate surface area is 256 Å². The number of amidine groups is 1. The summed E-state index contributed by atoms with van der Waals surface area (Å²) in [5.74, 6) is -0.893. The Morgan fingerprint density at radius 1 is 1.27 bits per heavy atom. The van der Waals surface area contributed by atoms with E-state index in [0.717, 1.165) is 11.8 Å². The van der Waals surface area contributed by atoms with Gasteiger partial charge in [0, 0.05) is 54.8 Å². The van der Waals surface area contributed by atoms with Gasteiger partial charge in [-0.3, -0.25) is 15.2 Å². The molecule has 2 aliphatic rings. The number of rotatable bonds is 6. The summed E-state index contributed by atoms with van der Waals surface area (Å²) in [6, 6.07) is 6.41. The van der Waals surface area contributed by atoms with Crippen molar-refractivity contribution in [3.63, 3.8) is 0 Å². The number of hydrogen-bond acceptors (Lipinski definition) is 8. The van der Waals surface area contributed by atoms with E-state index in [9.17, 15) is 15.3 Å². The fraction of sp³-hybridized carbons (Fsp3) is 0.333. The Morgan fingerprint density at radius 3 is 2.70 bits per heavy atom. The maximum Gasteiger partial charge on any atom is 0.246 e. The molecule has 0 bridgehead atoms. The molecule has 3 aromatic rings. The fourth-order valence-electron chi connectivity index (χ4n) is 6.16. The van der Waals surface area contributed by atoms with Gasteiger partial charge in [-0.25, -0.2) is 4.39 Å². The van der Waals surface area contributed by atoms with Gasteiger partial charge in [-0.15, -0.1) is 0 Å². The van der Waals surface area contributed by atoms with Crippen LogP contribution in [0.1, 0.15) is 54.3 Å². The van der Waals surface area contributed by atoms with Gasteiger partial charge in [0.15, 0.2) is 11.6 Å². The third-order valence-corrected chi connectivity index (χ3v) is 8.49. The summed E-state index contributed by atoms with van der Waals surface area (Å²) >= 11 is 0. The van der Waals surface area contributed by atoms with E-state index in [1.54, 1.807) is 42.3 Å². The highest BCUT2D eigenvalue weighted by atomic mass is 19.1. The Morgan fingerprint density at radius 2 is 2.02 bits per heavy atom. The standard InChI is InChI=1S/C33H38FN7O3/c1-6-26(43)40-16-21-10-12-44-32-28(33(37)41(21)15-19(40)4)25(39-30-18(3)9-11-38-31(30)20(5)42)13-22(29(32)34)27-17(2)7-8-24(36)23(27)14-35/h6-9,11,13-14,19-21,35,37,39,42H,1,10,12,15-16,36H2,2-5H3. The van der Waals surface area contributed by atoms with E-state index in [1.807, 2.05) is 25.7 Å². The molecule has 1 aromatic heterocycles. The van der Waals surface area contributed by atoms with Crippen LogP contribution < -0.4 is 15.8 Å². The number of ether oxygens (including phenoxy) is 1. The molecular weight excluding hydrogens is 561 g/mol. The molecule has 0 radical (unpaired) electrons. The van der Waals surface area contributed by atoms with E-state index in [-0.39, 0.29) is 47.3 Å². The van der Waals surface area contributed by atoms with E-state index in [4.69, 9.17) is 15.9 Å². The van der Waals surface area contributed by atoms with Gasteiger partial charge in [0.2, 0.25) is 5.91 Å². The van der Waals surface area contributed by atoms with Crippen LogP contribution >= 0.6 is 0 Å². The Kier molecular flexibility index (Phi) is 8.42. The molecule has 0 saturated carbocycles. The highest BCUT2D eigenvalue weighted by Crippen LogP contribution is 2.44. The number of aryl methyl sites for hydroxylation is 2. The van der Waals surface area contributed by atoms with Crippen molar-refractivity contribution < 1.29 is 19.0 Å². The van der Waals surface area contributed by atoms with Crippen LogP contribution in [0.5, 0.6) is 5.75 Å². The summed E-state index contributed by atoms with van der Waals surface area (Å²) in [6.07, 6.45) is 3.56. The number of nitrogen functional groups attached to an aromatic ring is 1. The van der Waals surface area contributed by atoms with Crippen molar-refractivity contribution in [3.8, 4) is 16.9 Å². The molecule has 230 valence electrons. The number of pyridine rings is 1. The van der Waals surface area contributed by atoms with Crippen LogP contribution in [0.3, 0.4) is 0 Å². The summed E-state index contributed by atoms with van der Waals surface area (Å²) in [5.41, 5.74) is 10.5. The van der Waals surface area contributed by atoms with Crippen LogP contribution in [0.2, 0.25) is 0 Å². The summed E-state index contributed by atoms with van der Waals surface area (Å²) in [4.78, 5) is 20.6. The van der Waals surface area contributed by atoms with E-state index in [1.165, 1.54) is 6.08 Å². The number of carbonyl (C=O) groups excluding carboxylic acids is 1. The Balaban J connectivity index is 1.75. The molecule has 5 rings (SSSR count). The van der Waals surface area contributed by atoms with E-state index >= 15 is 4.39 Å². The number of fused-ring (bicyclic) bond motifs is 2. The molecule has 1 amide bonds. The number of nitrogens with zero attached hydrogens (tertiary/aromatic N) is 3. The van der Waals surface area contributed by atoms with Crippen molar-refractivity contribution in [2.75, 3.05) is 30.7 Å². The van der Waals surface area contributed by atoms with Gasteiger partial charge in [0.1, 0.15) is 5.84 Å². The Bertz CT molecular complexity index is 1670. The molecule has 0 aliphatic carbocycles. The molecule has 10 nitrogen and oxygen atoms in total. The van der Waals surface area contributed by atoms with Crippen LogP contribution in [0.15, 0.2) is 43.1 Å². The van der Waals surface area contributed by atoms with Crippen LogP contribution in [0.25, 0.3) is 11.1 Å². The third kappa shape index (κ3) is 5.28. The van der Waals surface area contributed by atoms with Crippen LogP contribution in [-0.4, -0.2) is 69.6 Å². The highest BCUT2D eigenvalue weighted by molar-refractivity contribution is 6.07. The number of hydrogen-bond donors (Lipinski definition) is 5. The molecule has 11 heteroatoms. The van der Waals surface area contributed by atoms with Crippen molar-refractivity contribution in [3.05, 3.63) is 76.9 Å². The van der Waals surface area contributed by atoms with Crippen LogP contribution in [-0.2, 0) is 4.79 Å². The summed E-state index contributed by atoms with van der Waals surface area (Å²) in [5, 5.41) is 31.4. The van der Waals surface area contributed by atoms with E-state index in [0.29, 0.717) is 59.0 Å². The van der Waals surface area contributed by atoms with Crippen molar-refractivity contribution in [2.24, 2.45) is 0 Å². The minimum Gasteiger partial charge on any atom is -0.490 e. The third-order valence-electron chi connectivity index (χ3n) is 8.49. The largest absolute Gasteiger partial charge is 0.490 e. The first-order valence-electron chi connectivity index (χ1n) is 14.6. The highest BCUT2D eigenvalue weighted by Gasteiger charge is 2.39. The number of aliphatic hydroxyl groups excluding tert-OH is 1. The first kappa shape index (κ1) is 30.7. The number of aromatic nitrogens is 1. The summed E-state index contributed by atoms with van der Waals surface area (Å²) in [7, 11) is 0. The van der Waals surface area contributed by atoms with Gasteiger partial charge in [0.05, 0.1) is 41.4 Å². The first-order chi connectivity index (χ1) is 21.0. The number of amides is 1. The average molecular weight is 600 g/mol. The molecule has 2 aromatic carbocycles. The zero-order chi connectivity index (χ0) is 31.9. The van der Waals surface area contributed by atoms with Gasteiger partial charge in [0.25, 0.3) is 0 Å². The summed E-state index contributed by atoms with van der Waals surface area (Å²) < 4.78 is 22.9. The molecule has 3 atom stereocenters. The molecule has 3 unspecified atom stereocenters. The second-order valence-electron chi connectivity index (χ2n) is 11.4. The van der Waals surface area contributed by atoms with Crippen LogP contribution in [0, 0.1) is 30.5 Å². The fourth-order valence-corrected chi connectivity index (χ4v) is 6.16. The number of benzene rings is 2. The lowest BCUT2D eigenvalue weighted by atomic mass is 9.91. The lowest BCUT2D eigenvalue weighted by molar-refractivity contribution is -0.131. The number of halogens is 1. The van der Waals surface area contributed by atoms with Gasteiger partial charge >= 0.3 is 0 Å². The van der Waals surface area contributed by atoms with Crippen LogP contribution in [0.4, 0.5) is 21.5 Å². The molecule has 2 aliphatic heterocycles. The second-order valence-corrected chi connectivity index (χ2v) is 11.4. The van der Waals surface area contributed by atoms with Gasteiger partial charge in [-0.1, -0.05) is 12.6 Å². The number of piperazine rings is 1. The van der Waals surface area contributed by atoms with Gasteiger partial charge in [-0.2, -0.15) is 0 Å². The number of carbonyl (C=O) groups is 1. The maximum absolute atomic E-state index is 16.8. The first-order valence-corrected chi connectivity index (χ1v) is 14.6. The monoisotopic (exact) mass is 599 g/mol. The van der Waals surface area contributed by atoms with Crippen molar-refractivity contribution in [2.45, 2.75) is 52.3 Å². The number of anilines is 3. The van der Waals surface area contributed by atoms with Gasteiger partial charge in [-0.05, 0) is 68.7 Å². The topological polar surface area (TPSA) is 152 Å².